The van der Waals surface area contributed by atoms with Gasteiger partial charge in [-0.05, 0) is 24.3 Å². The van der Waals surface area contributed by atoms with E-state index in [0.29, 0.717) is 5.92 Å². The molecule has 0 N–H and O–H groups in total. The molecule has 2 aromatic carbocycles. The number of anilines is 1. The molecule has 0 atom stereocenters. The summed E-state index contributed by atoms with van der Waals surface area (Å²) in [6.45, 7) is 2.20. The molecule has 0 amide bonds. The minimum absolute atomic E-state index is 0.695. The highest BCUT2D eigenvalue weighted by Crippen LogP contribution is 2.33. The summed E-state index contributed by atoms with van der Waals surface area (Å²) in [5.74, 6) is 0.695. The minimum atomic E-state index is 0.695. The maximum absolute atomic E-state index is 4.85. The van der Waals surface area contributed by atoms with E-state index in [-0.39, 0.29) is 0 Å². The van der Waals surface area contributed by atoms with Gasteiger partial charge in [0.15, 0.2) is 5.13 Å². The van der Waals surface area contributed by atoms with Crippen molar-refractivity contribution in [3.63, 3.8) is 0 Å². The molecule has 2 heterocycles. The molecule has 1 aromatic heterocycles. The lowest BCUT2D eigenvalue weighted by molar-refractivity contribution is 0.505. The van der Waals surface area contributed by atoms with Gasteiger partial charge in [-0.15, -0.1) is 11.3 Å². The summed E-state index contributed by atoms with van der Waals surface area (Å²) < 4.78 is 0. The average Bonchev–Trinajstić information content (AvgIpc) is 3.14. The molecule has 0 bridgehead atoms. The molecule has 0 spiro atoms. The van der Waals surface area contributed by atoms with Crippen molar-refractivity contribution < 1.29 is 0 Å². The lowest BCUT2D eigenvalue weighted by Crippen LogP contribution is -2.32. The highest BCUT2D eigenvalue weighted by atomic mass is 32.1. The van der Waals surface area contributed by atoms with Crippen molar-refractivity contribution in [1.29, 1.82) is 0 Å². The first kappa shape index (κ1) is 14.5. The summed E-state index contributed by atoms with van der Waals surface area (Å²) >= 11 is 1.76. The van der Waals surface area contributed by atoms with E-state index in [0.717, 1.165) is 23.9 Å². The molecule has 23 heavy (non-hydrogen) atoms. The van der Waals surface area contributed by atoms with Crippen LogP contribution in [0, 0.1) is 0 Å². The standard InChI is InChI=1S/C20H20N2S/c1-3-7-16(8-4-1)17-11-13-22(14-12-17)20-21-19(15-23-20)18-9-5-2-6-10-18/h1-10,15,17H,11-14H2. The predicted molar refractivity (Wildman–Crippen MR) is 98.2 cm³/mol. The Hall–Kier alpha value is -2.13. The van der Waals surface area contributed by atoms with Crippen LogP contribution in [0.25, 0.3) is 11.3 Å². The van der Waals surface area contributed by atoms with Crippen molar-refractivity contribution in [2.75, 3.05) is 18.0 Å². The molecule has 0 radical (unpaired) electrons. The van der Waals surface area contributed by atoms with Crippen molar-refractivity contribution >= 4 is 16.5 Å². The van der Waals surface area contributed by atoms with Crippen molar-refractivity contribution in [3.05, 3.63) is 71.6 Å². The van der Waals surface area contributed by atoms with Gasteiger partial charge >= 0.3 is 0 Å². The first-order chi connectivity index (χ1) is 11.4. The Morgan fingerprint density at radius 2 is 1.52 bits per heavy atom. The Morgan fingerprint density at radius 3 is 2.22 bits per heavy atom. The normalized spacial score (nSPS) is 15.7. The largest absolute Gasteiger partial charge is 0.348 e. The number of aromatic nitrogens is 1. The van der Waals surface area contributed by atoms with Crippen molar-refractivity contribution in [1.82, 2.24) is 4.98 Å². The molecule has 1 saturated heterocycles. The zero-order chi connectivity index (χ0) is 15.5. The maximum atomic E-state index is 4.85. The second kappa shape index (κ2) is 6.55. The van der Waals surface area contributed by atoms with Crippen LogP contribution in [0.4, 0.5) is 5.13 Å². The highest BCUT2D eigenvalue weighted by Gasteiger charge is 2.22. The molecule has 1 aliphatic rings. The SMILES string of the molecule is c1ccc(-c2csc(N3CCC(c4ccccc4)CC3)n2)cc1. The molecule has 0 saturated carbocycles. The van der Waals surface area contributed by atoms with Crippen LogP contribution in [-0.4, -0.2) is 18.1 Å². The Labute approximate surface area is 141 Å². The highest BCUT2D eigenvalue weighted by molar-refractivity contribution is 7.14. The van der Waals surface area contributed by atoms with E-state index in [1.165, 1.54) is 24.0 Å². The van der Waals surface area contributed by atoms with E-state index in [1.54, 1.807) is 11.3 Å². The number of benzene rings is 2. The van der Waals surface area contributed by atoms with Crippen LogP contribution in [0.15, 0.2) is 66.0 Å². The van der Waals surface area contributed by atoms with Crippen LogP contribution < -0.4 is 4.90 Å². The predicted octanol–water partition coefficient (Wildman–Crippen LogP) is 5.19. The molecule has 3 aromatic rings. The van der Waals surface area contributed by atoms with Crippen LogP contribution in [0.5, 0.6) is 0 Å². The van der Waals surface area contributed by atoms with E-state index < -0.39 is 0 Å². The average molecular weight is 320 g/mol. The zero-order valence-electron chi connectivity index (χ0n) is 13.1. The number of piperidine rings is 1. The van der Waals surface area contributed by atoms with Gasteiger partial charge in [0.25, 0.3) is 0 Å². The van der Waals surface area contributed by atoms with Gasteiger partial charge < -0.3 is 4.90 Å². The number of hydrogen-bond acceptors (Lipinski definition) is 3. The topological polar surface area (TPSA) is 16.1 Å². The molecule has 1 fully saturated rings. The first-order valence-electron chi connectivity index (χ1n) is 8.21. The monoisotopic (exact) mass is 320 g/mol. The van der Waals surface area contributed by atoms with Gasteiger partial charge in [0.05, 0.1) is 5.69 Å². The molecule has 0 unspecified atom stereocenters. The smallest absolute Gasteiger partial charge is 0.185 e. The first-order valence-corrected chi connectivity index (χ1v) is 9.09. The molecule has 4 rings (SSSR count). The number of rotatable bonds is 3. The third-order valence-corrected chi connectivity index (χ3v) is 5.50. The van der Waals surface area contributed by atoms with E-state index >= 15 is 0 Å². The molecule has 116 valence electrons. The van der Waals surface area contributed by atoms with Gasteiger partial charge in [-0.25, -0.2) is 4.98 Å². The fraction of sp³-hybridized carbons (Fsp3) is 0.250. The van der Waals surface area contributed by atoms with E-state index in [4.69, 9.17) is 4.98 Å². The van der Waals surface area contributed by atoms with Crippen molar-refractivity contribution in [2.24, 2.45) is 0 Å². The van der Waals surface area contributed by atoms with Crippen LogP contribution in [0.2, 0.25) is 0 Å². The molecule has 3 heteroatoms. The molecular weight excluding hydrogens is 300 g/mol. The second-order valence-corrected chi connectivity index (χ2v) is 6.89. The summed E-state index contributed by atoms with van der Waals surface area (Å²) in [6, 6.07) is 21.3. The Kier molecular flexibility index (Phi) is 4.12. The van der Waals surface area contributed by atoms with Crippen molar-refractivity contribution in [2.45, 2.75) is 18.8 Å². The summed E-state index contributed by atoms with van der Waals surface area (Å²) in [6.07, 6.45) is 2.43. The fourth-order valence-corrected chi connectivity index (χ4v) is 4.17. The zero-order valence-corrected chi connectivity index (χ0v) is 13.9. The number of thiazole rings is 1. The van der Waals surface area contributed by atoms with Crippen LogP contribution >= 0.6 is 11.3 Å². The second-order valence-electron chi connectivity index (χ2n) is 6.05. The lowest BCUT2D eigenvalue weighted by Gasteiger charge is -2.32. The van der Waals surface area contributed by atoms with Gasteiger partial charge in [0, 0.05) is 24.0 Å². The number of nitrogens with zero attached hydrogens (tertiary/aromatic N) is 2. The van der Waals surface area contributed by atoms with Crippen molar-refractivity contribution in [3.8, 4) is 11.3 Å². The summed E-state index contributed by atoms with van der Waals surface area (Å²) in [5, 5.41) is 3.34. The maximum Gasteiger partial charge on any atom is 0.185 e. The molecular formula is C20H20N2S. The Bertz CT molecular complexity index is 744. The fourth-order valence-electron chi connectivity index (χ4n) is 3.28. The van der Waals surface area contributed by atoms with Crippen LogP contribution in [0.1, 0.15) is 24.3 Å². The third-order valence-electron chi connectivity index (χ3n) is 4.60. The van der Waals surface area contributed by atoms with Crippen LogP contribution in [-0.2, 0) is 0 Å². The quantitative estimate of drug-likeness (QED) is 0.660. The van der Waals surface area contributed by atoms with Crippen LogP contribution in [0.3, 0.4) is 0 Å². The summed E-state index contributed by atoms with van der Waals surface area (Å²) in [4.78, 5) is 7.29. The molecule has 0 aliphatic carbocycles. The van der Waals surface area contributed by atoms with Gasteiger partial charge in [-0.2, -0.15) is 0 Å². The van der Waals surface area contributed by atoms with E-state index in [1.807, 2.05) is 6.07 Å². The van der Waals surface area contributed by atoms with Gasteiger partial charge in [0.1, 0.15) is 0 Å². The van der Waals surface area contributed by atoms with Gasteiger partial charge in [-0.3, -0.25) is 0 Å². The van der Waals surface area contributed by atoms with Gasteiger partial charge in [-0.1, -0.05) is 60.7 Å². The Balaban J connectivity index is 1.44. The lowest BCUT2D eigenvalue weighted by atomic mass is 9.90. The molecule has 2 nitrogen and oxygen atoms in total. The van der Waals surface area contributed by atoms with E-state index in [2.05, 4.69) is 64.9 Å². The summed E-state index contributed by atoms with van der Waals surface area (Å²) in [7, 11) is 0. The minimum Gasteiger partial charge on any atom is -0.348 e. The van der Waals surface area contributed by atoms with Gasteiger partial charge in [0.2, 0.25) is 0 Å². The Morgan fingerprint density at radius 1 is 0.870 bits per heavy atom. The third kappa shape index (κ3) is 3.15. The molecule has 1 aliphatic heterocycles. The van der Waals surface area contributed by atoms with E-state index in [9.17, 15) is 0 Å². The number of hydrogen-bond donors (Lipinski definition) is 0. The summed E-state index contributed by atoms with van der Waals surface area (Å²) in [5.41, 5.74) is 3.78.